The van der Waals surface area contributed by atoms with E-state index in [1.807, 2.05) is 20.8 Å². The van der Waals surface area contributed by atoms with Crippen molar-refractivity contribution >= 4 is 35.2 Å². The average molecular weight is 641 g/mol. The second-order valence-electron chi connectivity index (χ2n) is 13.7. The molecule has 1 aromatic carbocycles. The molecule has 0 spiro atoms. The fourth-order valence-electron chi connectivity index (χ4n) is 6.68. The van der Waals surface area contributed by atoms with Crippen LogP contribution in [0.25, 0.3) is 0 Å². The number of ether oxygens (including phenoxy) is 1. The van der Waals surface area contributed by atoms with Gasteiger partial charge in [0.1, 0.15) is 5.60 Å². The Bertz CT molecular complexity index is 1340. The summed E-state index contributed by atoms with van der Waals surface area (Å²) in [4.78, 5) is 43.5. The van der Waals surface area contributed by atoms with Gasteiger partial charge in [-0.3, -0.25) is 14.6 Å². The molecule has 3 saturated heterocycles. The zero-order chi connectivity index (χ0) is 32.3. The predicted molar refractivity (Wildman–Crippen MR) is 178 cm³/mol. The average Bonchev–Trinajstić information content (AvgIpc) is 3.47. The van der Waals surface area contributed by atoms with Crippen molar-refractivity contribution in [2.24, 2.45) is 0 Å². The molecule has 3 fully saturated rings. The molecule has 3 N–H and O–H groups in total. The molecule has 11 nitrogen and oxygen atoms in total. The van der Waals surface area contributed by atoms with E-state index in [1.54, 1.807) is 4.90 Å². The summed E-state index contributed by atoms with van der Waals surface area (Å²) >= 11 is 6.65. The Morgan fingerprint density at radius 3 is 2.40 bits per heavy atom. The van der Waals surface area contributed by atoms with Gasteiger partial charge in [0.25, 0.3) is 5.91 Å². The van der Waals surface area contributed by atoms with Crippen molar-refractivity contribution in [3.8, 4) is 0 Å². The van der Waals surface area contributed by atoms with E-state index in [0.717, 1.165) is 58.5 Å². The highest BCUT2D eigenvalue weighted by Crippen LogP contribution is 2.30. The lowest BCUT2D eigenvalue weighted by Gasteiger charge is -2.47. The number of nitrogens with zero attached hydrogens (tertiary/aromatic N) is 6. The summed E-state index contributed by atoms with van der Waals surface area (Å²) in [6, 6.07) is 9.56. The van der Waals surface area contributed by atoms with Crippen LogP contribution in [0.2, 0.25) is 5.15 Å². The topological polar surface area (TPSA) is 120 Å². The van der Waals surface area contributed by atoms with Crippen molar-refractivity contribution in [3.63, 3.8) is 0 Å². The highest BCUT2D eigenvalue weighted by Gasteiger charge is 2.35. The molecule has 1 aromatic heterocycles. The van der Waals surface area contributed by atoms with E-state index < -0.39 is 11.5 Å². The summed E-state index contributed by atoms with van der Waals surface area (Å²) in [6.45, 7) is 16.4. The van der Waals surface area contributed by atoms with Crippen LogP contribution in [0.4, 0.5) is 16.4 Å². The molecule has 4 heterocycles. The number of piperidine rings is 1. The van der Waals surface area contributed by atoms with Crippen molar-refractivity contribution in [3.05, 3.63) is 46.2 Å². The maximum atomic E-state index is 13.1. The van der Waals surface area contributed by atoms with Crippen molar-refractivity contribution in [1.82, 2.24) is 30.0 Å². The number of halogens is 1. The summed E-state index contributed by atoms with van der Waals surface area (Å²) in [5, 5.41) is 3.10. The molecule has 0 unspecified atom stereocenters. The molecule has 0 radical (unpaired) electrons. The number of anilines is 2. The first kappa shape index (κ1) is 33.2. The van der Waals surface area contributed by atoms with Crippen LogP contribution in [0.15, 0.2) is 24.3 Å². The monoisotopic (exact) mass is 640 g/mol. The SMILES string of the molecule is CC[C@H]1CN(c2nc(N)c(C(=O)N[C@@H]3CCN(C(=O)OC(C)(C)C)C3)nc2Cl)CCN1C1CCN(Cc2ccc(C)cc2)CC1. The number of nitrogens with two attached hydrogens (primary N) is 1. The quantitative estimate of drug-likeness (QED) is 0.456. The molecule has 2 atom stereocenters. The minimum absolute atomic E-state index is 0.00235. The van der Waals surface area contributed by atoms with Gasteiger partial charge in [-0.05, 0) is 72.0 Å². The number of aryl methyl sites for hydroxylation is 1. The zero-order valence-corrected chi connectivity index (χ0v) is 28.1. The number of rotatable bonds is 7. The number of carbonyl (C=O) groups excluding carboxylic acids is 2. The highest BCUT2D eigenvalue weighted by atomic mass is 35.5. The molecule has 45 heavy (non-hydrogen) atoms. The van der Waals surface area contributed by atoms with E-state index in [0.29, 0.717) is 37.4 Å². The maximum absolute atomic E-state index is 13.1. The first-order valence-corrected chi connectivity index (χ1v) is 16.7. The molecule has 5 rings (SSSR count). The number of carbonyl (C=O) groups is 2. The van der Waals surface area contributed by atoms with E-state index in [4.69, 9.17) is 22.1 Å². The first-order chi connectivity index (χ1) is 21.4. The molecule has 2 aromatic rings. The van der Waals surface area contributed by atoms with Crippen LogP contribution in [-0.2, 0) is 11.3 Å². The second-order valence-corrected chi connectivity index (χ2v) is 14.1. The number of amides is 2. The number of hydrogen-bond donors (Lipinski definition) is 2. The third-order valence-electron chi connectivity index (χ3n) is 9.11. The van der Waals surface area contributed by atoms with E-state index >= 15 is 0 Å². The standard InChI is InChI=1S/C33H49ClN8O3/c1-6-25-21-40(17-18-42(25)26-12-14-39(15-13-26)19-23-9-7-22(2)8-10-23)30-28(34)37-27(29(35)38-30)31(43)36-24-11-16-41(20-24)32(44)45-33(3,4)5/h7-10,24-26H,6,11-21H2,1-5H3,(H2,35,38)(H,36,43)/t24-,25+/m1/s1. The predicted octanol–water partition coefficient (Wildman–Crippen LogP) is 4.33. The van der Waals surface area contributed by atoms with E-state index in [1.165, 1.54) is 11.1 Å². The Balaban J connectivity index is 1.15. The Morgan fingerprint density at radius 2 is 1.73 bits per heavy atom. The van der Waals surface area contributed by atoms with E-state index in [9.17, 15) is 9.59 Å². The minimum Gasteiger partial charge on any atom is -0.444 e. The van der Waals surface area contributed by atoms with Crippen molar-refractivity contribution in [1.29, 1.82) is 0 Å². The Kier molecular flexibility index (Phi) is 10.4. The summed E-state index contributed by atoms with van der Waals surface area (Å²) in [5.74, 6) is 0.119. The third kappa shape index (κ3) is 8.37. The summed E-state index contributed by atoms with van der Waals surface area (Å²) < 4.78 is 5.45. The fourth-order valence-corrected chi connectivity index (χ4v) is 6.92. The van der Waals surface area contributed by atoms with Gasteiger partial charge in [0.05, 0.1) is 0 Å². The van der Waals surface area contributed by atoms with Crippen LogP contribution in [0.5, 0.6) is 0 Å². The fraction of sp³-hybridized carbons (Fsp3) is 0.636. The van der Waals surface area contributed by atoms with Crippen LogP contribution in [0.1, 0.15) is 75.0 Å². The van der Waals surface area contributed by atoms with Crippen molar-refractivity contribution in [2.45, 2.75) is 90.6 Å². The van der Waals surface area contributed by atoms with E-state index in [2.05, 4.69) is 68.1 Å². The Morgan fingerprint density at radius 1 is 1.02 bits per heavy atom. The van der Waals surface area contributed by atoms with Crippen LogP contribution >= 0.6 is 11.6 Å². The van der Waals surface area contributed by atoms with Gasteiger partial charge in [-0.15, -0.1) is 0 Å². The molecule has 12 heteroatoms. The van der Waals surface area contributed by atoms with Gasteiger partial charge in [-0.2, -0.15) is 0 Å². The van der Waals surface area contributed by atoms with Crippen LogP contribution in [0, 0.1) is 6.92 Å². The van der Waals surface area contributed by atoms with Crippen LogP contribution in [0.3, 0.4) is 0 Å². The summed E-state index contributed by atoms with van der Waals surface area (Å²) in [6.07, 6.45) is 3.56. The number of likely N-dealkylation sites (tertiary alicyclic amines) is 2. The van der Waals surface area contributed by atoms with Gasteiger partial charge < -0.3 is 25.6 Å². The number of nitrogen functional groups attached to an aromatic ring is 1. The number of nitrogens with one attached hydrogen (secondary N) is 1. The number of aromatic nitrogens is 2. The minimum atomic E-state index is -0.579. The van der Waals surface area contributed by atoms with Gasteiger partial charge in [-0.25, -0.2) is 14.8 Å². The van der Waals surface area contributed by atoms with Crippen molar-refractivity contribution in [2.75, 3.05) is 56.4 Å². The molecule has 0 aliphatic carbocycles. The Labute approximate surface area is 272 Å². The van der Waals surface area contributed by atoms with Gasteiger partial charge in [0, 0.05) is 57.4 Å². The largest absolute Gasteiger partial charge is 0.444 e. The zero-order valence-electron chi connectivity index (χ0n) is 27.4. The number of benzene rings is 1. The smallest absolute Gasteiger partial charge is 0.410 e. The van der Waals surface area contributed by atoms with Gasteiger partial charge in [0.15, 0.2) is 22.5 Å². The molecule has 3 aliphatic rings. The number of piperazine rings is 1. The molecule has 0 saturated carbocycles. The van der Waals surface area contributed by atoms with Gasteiger partial charge in [0.2, 0.25) is 0 Å². The first-order valence-electron chi connectivity index (χ1n) is 16.3. The van der Waals surface area contributed by atoms with Gasteiger partial charge in [-0.1, -0.05) is 48.4 Å². The normalized spacial score (nSPS) is 22.1. The molecule has 246 valence electrons. The summed E-state index contributed by atoms with van der Waals surface area (Å²) in [5.41, 5.74) is 8.38. The lowest BCUT2D eigenvalue weighted by molar-refractivity contribution is 0.0290. The highest BCUT2D eigenvalue weighted by molar-refractivity contribution is 6.32. The lowest BCUT2D eigenvalue weighted by Crippen LogP contribution is -2.58. The van der Waals surface area contributed by atoms with Gasteiger partial charge >= 0.3 is 6.09 Å². The van der Waals surface area contributed by atoms with E-state index in [-0.39, 0.29) is 28.8 Å². The molecule has 3 aliphatic heterocycles. The summed E-state index contributed by atoms with van der Waals surface area (Å²) in [7, 11) is 0. The second kappa shape index (κ2) is 14.1. The molecular formula is C33H49ClN8O3. The van der Waals surface area contributed by atoms with Crippen LogP contribution < -0.4 is 16.0 Å². The molecular weight excluding hydrogens is 592 g/mol. The maximum Gasteiger partial charge on any atom is 0.410 e. The molecule has 0 bridgehead atoms. The Hall–Kier alpha value is -3.15. The van der Waals surface area contributed by atoms with Crippen LogP contribution in [-0.4, -0.2) is 106 Å². The van der Waals surface area contributed by atoms with Crippen molar-refractivity contribution < 1.29 is 14.3 Å². The lowest BCUT2D eigenvalue weighted by atomic mass is 9.98. The third-order valence-corrected chi connectivity index (χ3v) is 9.36. The molecule has 2 amide bonds. The number of hydrogen-bond acceptors (Lipinski definition) is 9.